The van der Waals surface area contributed by atoms with Crippen molar-refractivity contribution in [3.63, 3.8) is 0 Å². The summed E-state index contributed by atoms with van der Waals surface area (Å²) < 4.78 is 33.5. The summed E-state index contributed by atoms with van der Waals surface area (Å²) in [6.45, 7) is 3.43. The Bertz CT molecular complexity index is 920. The Morgan fingerprint density at radius 1 is 1.08 bits per heavy atom. The molecule has 132 valence electrons. The number of hydrogen-bond donors (Lipinski definition) is 1. The molecule has 0 radical (unpaired) electrons. The molecule has 3 atom stereocenters. The SMILES string of the molecule is COc1ccc2c(c1)[C@@H](NS(=O)(=O)C(C)C)[C@@H]1Cc3ccccc3[C@H]21. The topological polar surface area (TPSA) is 55.4 Å². The number of fused-ring (bicyclic) bond motifs is 5. The fraction of sp³-hybridized carbons (Fsp3) is 0.400. The van der Waals surface area contributed by atoms with Gasteiger partial charge in [0.05, 0.1) is 18.4 Å². The van der Waals surface area contributed by atoms with Gasteiger partial charge in [0.25, 0.3) is 0 Å². The minimum absolute atomic E-state index is 0.213. The van der Waals surface area contributed by atoms with Crippen LogP contribution >= 0.6 is 0 Å². The van der Waals surface area contributed by atoms with Gasteiger partial charge in [-0.25, -0.2) is 13.1 Å². The Kier molecular flexibility index (Phi) is 3.89. The van der Waals surface area contributed by atoms with Crippen molar-refractivity contribution in [3.8, 4) is 5.75 Å². The molecular weight excluding hydrogens is 334 g/mol. The van der Waals surface area contributed by atoms with Gasteiger partial charge in [-0.1, -0.05) is 30.3 Å². The van der Waals surface area contributed by atoms with Gasteiger partial charge in [0.2, 0.25) is 10.0 Å². The van der Waals surface area contributed by atoms with Gasteiger partial charge in [0, 0.05) is 5.92 Å². The molecule has 0 aliphatic heterocycles. The highest BCUT2D eigenvalue weighted by Crippen LogP contribution is 2.55. The minimum atomic E-state index is -3.36. The van der Waals surface area contributed by atoms with Gasteiger partial charge >= 0.3 is 0 Å². The first-order valence-electron chi connectivity index (χ1n) is 8.69. The van der Waals surface area contributed by atoms with E-state index in [-0.39, 0.29) is 17.9 Å². The molecule has 0 heterocycles. The van der Waals surface area contributed by atoms with Crippen LogP contribution in [0, 0.1) is 5.92 Å². The Labute approximate surface area is 149 Å². The van der Waals surface area contributed by atoms with Crippen molar-refractivity contribution in [1.82, 2.24) is 4.72 Å². The highest BCUT2D eigenvalue weighted by atomic mass is 32.2. The van der Waals surface area contributed by atoms with E-state index < -0.39 is 15.3 Å². The maximum atomic E-state index is 12.6. The van der Waals surface area contributed by atoms with Gasteiger partial charge in [-0.05, 0) is 60.6 Å². The van der Waals surface area contributed by atoms with E-state index in [4.69, 9.17) is 4.74 Å². The van der Waals surface area contributed by atoms with Crippen molar-refractivity contribution in [2.24, 2.45) is 5.92 Å². The fourth-order valence-corrected chi connectivity index (χ4v) is 5.19. The van der Waals surface area contributed by atoms with Crippen molar-refractivity contribution >= 4 is 10.0 Å². The smallest absolute Gasteiger partial charge is 0.214 e. The van der Waals surface area contributed by atoms with Gasteiger partial charge in [-0.15, -0.1) is 0 Å². The number of hydrogen-bond acceptors (Lipinski definition) is 3. The lowest BCUT2D eigenvalue weighted by atomic mass is 9.91. The zero-order chi connectivity index (χ0) is 17.8. The van der Waals surface area contributed by atoms with Crippen molar-refractivity contribution < 1.29 is 13.2 Å². The van der Waals surface area contributed by atoms with Crippen LogP contribution < -0.4 is 9.46 Å². The summed E-state index contributed by atoms with van der Waals surface area (Å²) in [7, 11) is -1.72. The molecule has 0 unspecified atom stereocenters. The summed E-state index contributed by atoms with van der Waals surface area (Å²) in [5.41, 5.74) is 4.91. The molecule has 0 saturated carbocycles. The van der Waals surface area contributed by atoms with Gasteiger partial charge in [0.15, 0.2) is 0 Å². The number of sulfonamides is 1. The normalized spacial score (nSPS) is 24.1. The maximum Gasteiger partial charge on any atom is 0.214 e. The van der Waals surface area contributed by atoms with Crippen LogP contribution in [0.2, 0.25) is 0 Å². The van der Waals surface area contributed by atoms with E-state index >= 15 is 0 Å². The van der Waals surface area contributed by atoms with Crippen LogP contribution in [-0.4, -0.2) is 20.8 Å². The fourth-order valence-electron chi connectivity index (χ4n) is 4.26. The van der Waals surface area contributed by atoms with Gasteiger partial charge in [-0.3, -0.25) is 0 Å². The number of ether oxygens (including phenoxy) is 1. The van der Waals surface area contributed by atoms with Crippen LogP contribution in [0.4, 0.5) is 0 Å². The van der Waals surface area contributed by atoms with Crippen LogP contribution in [0.5, 0.6) is 5.75 Å². The Morgan fingerprint density at radius 2 is 1.84 bits per heavy atom. The second-order valence-electron chi connectivity index (χ2n) is 7.23. The first-order chi connectivity index (χ1) is 11.9. The summed E-state index contributed by atoms with van der Waals surface area (Å²) in [6, 6.07) is 14.3. The molecule has 2 aliphatic rings. The zero-order valence-corrected chi connectivity index (χ0v) is 15.5. The lowest BCUT2D eigenvalue weighted by molar-refractivity contribution is 0.409. The summed E-state index contributed by atoms with van der Waals surface area (Å²) >= 11 is 0. The van der Waals surface area contributed by atoms with Crippen LogP contribution in [0.3, 0.4) is 0 Å². The van der Waals surface area contributed by atoms with E-state index in [0.29, 0.717) is 0 Å². The van der Waals surface area contributed by atoms with E-state index in [1.807, 2.05) is 12.1 Å². The number of rotatable bonds is 4. The number of nitrogens with one attached hydrogen (secondary N) is 1. The van der Waals surface area contributed by atoms with Crippen molar-refractivity contribution in [2.75, 3.05) is 7.11 Å². The second-order valence-corrected chi connectivity index (χ2v) is 9.50. The molecule has 25 heavy (non-hydrogen) atoms. The molecular formula is C20H23NO3S. The third-order valence-corrected chi connectivity index (χ3v) is 7.40. The van der Waals surface area contributed by atoms with E-state index in [1.165, 1.54) is 16.7 Å². The third kappa shape index (κ3) is 2.57. The lowest BCUT2D eigenvalue weighted by Gasteiger charge is -2.22. The van der Waals surface area contributed by atoms with Crippen LogP contribution in [0.15, 0.2) is 42.5 Å². The Morgan fingerprint density at radius 3 is 2.56 bits per heavy atom. The second kappa shape index (κ2) is 5.85. The van der Waals surface area contributed by atoms with Crippen molar-refractivity contribution in [1.29, 1.82) is 0 Å². The largest absolute Gasteiger partial charge is 0.497 e. The predicted octanol–water partition coefficient (Wildman–Crippen LogP) is 3.38. The number of methoxy groups -OCH3 is 1. The van der Waals surface area contributed by atoms with E-state index in [1.54, 1.807) is 21.0 Å². The van der Waals surface area contributed by atoms with E-state index in [0.717, 1.165) is 17.7 Å². The average Bonchev–Trinajstić information content (AvgIpc) is 3.10. The van der Waals surface area contributed by atoms with Crippen LogP contribution in [0.25, 0.3) is 0 Å². The first kappa shape index (κ1) is 16.6. The molecule has 4 nitrogen and oxygen atoms in total. The molecule has 1 N–H and O–H groups in total. The maximum absolute atomic E-state index is 12.6. The van der Waals surface area contributed by atoms with Gasteiger partial charge in [-0.2, -0.15) is 0 Å². The third-order valence-electron chi connectivity index (χ3n) is 5.58. The molecule has 5 heteroatoms. The molecule has 2 aromatic carbocycles. The first-order valence-corrected chi connectivity index (χ1v) is 10.2. The molecule has 0 bridgehead atoms. The molecule has 0 spiro atoms. The Balaban J connectivity index is 1.84. The number of benzene rings is 2. The van der Waals surface area contributed by atoms with E-state index in [2.05, 4.69) is 35.1 Å². The van der Waals surface area contributed by atoms with Crippen molar-refractivity contribution in [3.05, 3.63) is 64.7 Å². The Hall–Kier alpha value is -1.85. The quantitative estimate of drug-likeness (QED) is 0.913. The zero-order valence-electron chi connectivity index (χ0n) is 14.7. The minimum Gasteiger partial charge on any atom is -0.497 e. The summed E-state index contributed by atoms with van der Waals surface area (Å²) in [6.07, 6.45) is 0.892. The van der Waals surface area contributed by atoms with Gasteiger partial charge in [0.1, 0.15) is 5.75 Å². The summed E-state index contributed by atoms with van der Waals surface area (Å²) in [5.74, 6) is 1.23. The molecule has 0 aromatic heterocycles. The molecule has 0 saturated heterocycles. The van der Waals surface area contributed by atoms with Crippen molar-refractivity contribution in [2.45, 2.75) is 37.5 Å². The molecule has 2 aliphatic carbocycles. The lowest BCUT2D eigenvalue weighted by Crippen LogP contribution is -2.36. The van der Waals surface area contributed by atoms with E-state index in [9.17, 15) is 8.42 Å². The summed E-state index contributed by atoms with van der Waals surface area (Å²) in [4.78, 5) is 0. The monoisotopic (exact) mass is 357 g/mol. The highest BCUT2D eigenvalue weighted by Gasteiger charge is 2.47. The molecule has 4 rings (SSSR count). The van der Waals surface area contributed by atoms with Crippen LogP contribution in [0.1, 0.15) is 48.1 Å². The van der Waals surface area contributed by atoms with Gasteiger partial charge < -0.3 is 4.74 Å². The van der Waals surface area contributed by atoms with Crippen LogP contribution in [-0.2, 0) is 16.4 Å². The predicted molar refractivity (Wildman–Crippen MR) is 98.4 cm³/mol. The highest BCUT2D eigenvalue weighted by molar-refractivity contribution is 7.90. The molecule has 0 amide bonds. The molecule has 0 fully saturated rings. The summed E-state index contributed by atoms with van der Waals surface area (Å²) in [5, 5.41) is -0.454. The molecule has 2 aromatic rings. The average molecular weight is 357 g/mol. The standard InChI is InChI=1S/C20H23NO3S/c1-12(2)25(22,23)21-20-17-11-14(24-3)8-9-16(17)19-15-7-5-4-6-13(15)10-18(19)20/h4-9,11-12,18-21H,10H2,1-3H3/t18-,19-,20-/m1/s1.